The third kappa shape index (κ3) is 27.1. The van der Waals surface area contributed by atoms with Crippen LogP contribution in [0.3, 0.4) is 0 Å². The molecule has 0 aromatic heterocycles. The second-order valence-electron chi connectivity index (χ2n) is 15.9. The van der Waals surface area contributed by atoms with E-state index in [2.05, 4.69) is 26.0 Å². The van der Waals surface area contributed by atoms with E-state index in [1.165, 1.54) is 96.3 Å². The van der Waals surface area contributed by atoms with Gasteiger partial charge < -0.3 is 39.9 Å². The van der Waals surface area contributed by atoms with Crippen LogP contribution in [0.1, 0.15) is 194 Å². The van der Waals surface area contributed by atoms with Crippen molar-refractivity contribution in [3.63, 3.8) is 0 Å². The minimum absolute atomic E-state index is 0.0907. The van der Waals surface area contributed by atoms with Gasteiger partial charge in [-0.1, -0.05) is 154 Å². The zero-order valence-corrected chi connectivity index (χ0v) is 36.3. The number of carbonyl (C=O) groups excluding carboxylic acids is 2. The number of phosphoric acid groups is 1. The summed E-state index contributed by atoms with van der Waals surface area (Å²) in [5.41, 5.74) is 0. The molecule has 0 bridgehead atoms. The van der Waals surface area contributed by atoms with Gasteiger partial charge in [-0.15, -0.1) is 0 Å². The summed E-state index contributed by atoms with van der Waals surface area (Å²) in [7, 11) is -5.11. The molecule has 336 valence electrons. The van der Waals surface area contributed by atoms with E-state index in [9.17, 15) is 44.6 Å². The summed E-state index contributed by atoms with van der Waals surface area (Å²) in [6.45, 7) is 3.29. The molecule has 0 radical (unpaired) electrons. The fraction of sp³-hybridized carbons (Fsp3) is 0.907. The Hall–Kier alpha value is -1.41. The molecule has 1 saturated carbocycles. The van der Waals surface area contributed by atoms with Gasteiger partial charge in [-0.2, -0.15) is 0 Å². The monoisotopic (exact) mass is 837 g/mol. The summed E-state index contributed by atoms with van der Waals surface area (Å²) in [6, 6.07) is 0. The average Bonchev–Trinajstić information content (AvgIpc) is 3.19. The molecule has 0 spiro atoms. The van der Waals surface area contributed by atoms with Crippen LogP contribution in [0.15, 0.2) is 12.2 Å². The van der Waals surface area contributed by atoms with Crippen molar-refractivity contribution >= 4 is 19.8 Å². The van der Waals surface area contributed by atoms with Crippen LogP contribution < -0.4 is 0 Å². The van der Waals surface area contributed by atoms with Crippen molar-refractivity contribution in [1.29, 1.82) is 0 Å². The van der Waals surface area contributed by atoms with Gasteiger partial charge in [0.05, 0.1) is 6.61 Å². The summed E-state index contributed by atoms with van der Waals surface area (Å²) in [6.07, 6.45) is 21.2. The molecule has 0 amide bonds. The molecular weight excluding hydrogens is 755 g/mol. The summed E-state index contributed by atoms with van der Waals surface area (Å²) in [5, 5.41) is 50.1. The smallest absolute Gasteiger partial charge is 0.462 e. The fourth-order valence-corrected chi connectivity index (χ4v) is 7.90. The minimum Gasteiger partial charge on any atom is -0.462 e. The molecule has 14 heteroatoms. The van der Waals surface area contributed by atoms with Gasteiger partial charge in [-0.05, 0) is 38.5 Å². The van der Waals surface area contributed by atoms with Crippen LogP contribution in [0.5, 0.6) is 0 Å². The maximum absolute atomic E-state index is 12.8. The van der Waals surface area contributed by atoms with E-state index < -0.39 is 75.7 Å². The number of hydrogen-bond donors (Lipinski definition) is 6. The quantitative estimate of drug-likeness (QED) is 0.0151. The molecule has 6 N–H and O–H groups in total. The highest BCUT2D eigenvalue weighted by Crippen LogP contribution is 2.47. The van der Waals surface area contributed by atoms with Crippen LogP contribution in [0, 0.1) is 0 Å². The molecular formula is C43H81O13P. The number of unbranched alkanes of at least 4 members (excludes halogenated alkanes) is 23. The van der Waals surface area contributed by atoms with Crippen LogP contribution in [-0.2, 0) is 32.7 Å². The topological polar surface area (TPSA) is 210 Å². The Balaban J connectivity index is 2.48. The van der Waals surface area contributed by atoms with E-state index in [1.807, 2.05) is 0 Å². The lowest BCUT2D eigenvalue weighted by Gasteiger charge is -2.41. The first-order valence-electron chi connectivity index (χ1n) is 22.5. The van der Waals surface area contributed by atoms with Crippen molar-refractivity contribution < 1.29 is 63.1 Å². The van der Waals surface area contributed by atoms with Gasteiger partial charge in [-0.3, -0.25) is 18.6 Å². The zero-order valence-electron chi connectivity index (χ0n) is 35.4. The van der Waals surface area contributed by atoms with E-state index in [-0.39, 0.29) is 12.8 Å². The molecule has 0 aromatic carbocycles. The first kappa shape index (κ1) is 53.6. The molecule has 0 heterocycles. The van der Waals surface area contributed by atoms with Crippen molar-refractivity contribution in [3.05, 3.63) is 12.2 Å². The number of allylic oxidation sites excluding steroid dienone is 2. The predicted molar refractivity (Wildman–Crippen MR) is 221 cm³/mol. The van der Waals surface area contributed by atoms with Gasteiger partial charge in [-0.25, -0.2) is 4.57 Å². The van der Waals surface area contributed by atoms with Gasteiger partial charge >= 0.3 is 19.8 Å². The number of aliphatic hydroxyl groups excluding tert-OH is 5. The van der Waals surface area contributed by atoms with Gasteiger partial charge in [0, 0.05) is 12.8 Å². The van der Waals surface area contributed by atoms with Crippen LogP contribution in [-0.4, -0.2) is 98.3 Å². The van der Waals surface area contributed by atoms with Crippen LogP contribution in [0.25, 0.3) is 0 Å². The molecule has 1 aliphatic rings. The van der Waals surface area contributed by atoms with Crippen molar-refractivity contribution in [2.24, 2.45) is 0 Å². The third-order valence-electron chi connectivity index (χ3n) is 10.6. The Morgan fingerprint density at radius 2 is 0.895 bits per heavy atom. The molecule has 1 rings (SSSR count). The largest absolute Gasteiger partial charge is 0.472 e. The van der Waals surface area contributed by atoms with E-state index in [0.717, 1.165) is 57.8 Å². The summed E-state index contributed by atoms with van der Waals surface area (Å²) in [5.74, 6) is -1.10. The molecule has 8 atom stereocenters. The molecule has 0 saturated heterocycles. The van der Waals surface area contributed by atoms with Crippen molar-refractivity contribution in [1.82, 2.24) is 0 Å². The first-order valence-corrected chi connectivity index (χ1v) is 24.0. The van der Waals surface area contributed by atoms with Crippen molar-refractivity contribution in [3.8, 4) is 0 Å². The van der Waals surface area contributed by atoms with E-state index in [1.54, 1.807) is 0 Å². The van der Waals surface area contributed by atoms with Gasteiger partial charge in [0.1, 0.15) is 43.2 Å². The number of carbonyl (C=O) groups is 2. The number of hydrogen-bond acceptors (Lipinski definition) is 12. The minimum atomic E-state index is -5.11. The number of esters is 2. The predicted octanol–water partition coefficient (Wildman–Crippen LogP) is 8.28. The second-order valence-corrected chi connectivity index (χ2v) is 17.3. The third-order valence-corrected chi connectivity index (χ3v) is 11.6. The highest BCUT2D eigenvalue weighted by molar-refractivity contribution is 7.47. The van der Waals surface area contributed by atoms with E-state index in [4.69, 9.17) is 18.5 Å². The standard InChI is InChI=1S/C43H81O13P/c1-3-5-7-9-11-13-15-17-18-20-22-24-26-28-30-32-37(45)55-35(34-54-57(51,52)56-43-41(49)39(47)38(46)40(48)42(43)50)33-53-36(44)31-29-27-25-23-21-19-16-14-12-10-8-6-4-2/h17-18,35,38-43,46-50H,3-16,19-34H2,1-2H3,(H,51,52)/b18-17-/t35-,38?,39-,40+,41-,42-,43?/m1/s1. The Labute approximate surface area is 343 Å². The van der Waals surface area contributed by atoms with Crippen molar-refractivity contribution in [2.45, 2.75) is 236 Å². The molecule has 3 unspecified atom stereocenters. The lowest BCUT2D eigenvalue weighted by Crippen LogP contribution is -2.64. The highest BCUT2D eigenvalue weighted by atomic mass is 31.2. The fourth-order valence-electron chi connectivity index (χ4n) is 6.93. The van der Waals surface area contributed by atoms with Gasteiger partial charge in [0.2, 0.25) is 0 Å². The molecule has 1 fully saturated rings. The number of rotatable bonds is 37. The summed E-state index contributed by atoms with van der Waals surface area (Å²) >= 11 is 0. The highest BCUT2D eigenvalue weighted by Gasteiger charge is 2.51. The average molecular weight is 837 g/mol. The molecule has 57 heavy (non-hydrogen) atoms. The first-order chi connectivity index (χ1) is 27.4. The molecule has 0 aliphatic heterocycles. The zero-order chi connectivity index (χ0) is 42.2. The Morgan fingerprint density at radius 3 is 1.33 bits per heavy atom. The van der Waals surface area contributed by atoms with Gasteiger partial charge in [0.25, 0.3) is 0 Å². The molecule has 1 aliphatic carbocycles. The van der Waals surface area contributed by atoms with Gasteiger partial charge in [0.15, 0.2) is 6.10 Å². The van der Waals surface area contributed by atoms with E-state index >= 15 is 0 Å². The Kier molecular flexibility index (Phi) is 32.3. The SMILES string of the molecule is CCCCCCCC/C=C\CCCCCCCC(=O)O[C@H](COC(=O)CCCCCCCCCCCCCCC)COP(=O)(O)OC1[C@H](O)[C@H](O)C(O)[C@H](O)[C@H]1O. The number of phosphoric ester groups is 1. The Morgan fingerprint density at radius 1 is 0.526 bits per heavy atom. The number of aliphatic hydroxyl groups is 5. The van der Waals surface area contributed by atoms with E-state index in [0.29, 0.717) is 12.8 Å². The van der Waals surface area contributed by atoms with Crippen LogP contribution >= 0.6 is 7.82 Å². The van der Waals surface area contributed by atoms with Crippen molar-refractivity contribution in [2.75, 3.05) is 13.2 Å². The Bertz CT molecular complexity index is 1060. The summed E-state index contributed by atoms with van der Waals surface area (Å²) < 4.78 is 33.5. The second kappa shape index (κ2) is 34.3. The summed E-state index contributed by atoms with van der Waals surface area (Å²) in [4.78, 5) is 35.6. The lowest BCUT2D eigenvalue weighted by molar-refractivity contribution is -0.220. The van der Waals surface area contributed by atoms with Crippen LogP contribution in [0.2, 0.25) is 0 Å². The van der Waals surface area contributed by atoms with Crippen LogP contribution in [0.4, 0.5) is 0 Å². The maximum Gasteiger partial charge on any atom is 0.472 e. The number of ether oxygens (including phenoxy) is 2. The normalized spacial score (nSPS) is 22.7. The lowest BCUT2D eigenvalue weighted by atomic mass is 9.85. The molecule has 0 aromatic rings. The molecule has 13 nitrogen and oxygen atoms in total. The maximum atomic E-state index is 12.8.